The van der Waals surface area contributed by atoms with Crippen LogP contribution in [-0.4, -0.2) is 36.5 Å². The van der Waals surface area contributed by atoms with Crippen molar-refractivity contribution in [2.24, 2.45) is 0 Å². The van der Waals surface area contributed by atoms with Gasteiger partial charge in [0.05, 0.1) is 23.2 Å². The van der Waals surface area contributed by atoms with E-state index in [4.69, 9.17) is 11.6 Å². The maximum atomic E-state index is 12.0. The fourth-order valence-corrected chi connectivity index (χ4v) is 2.58. The number of carbonyl (C=O) groups excluding carboxylic acids is 2. The van der Waals surface area contributed by atoms with Crippen LogP contribution < -0.4 is 10.0 Å². The molecule has 1 saturated heterocycles. The van der Waals surface area contributed by atoms with Gasteiger partial charge in [0.2, 0.25) is 0 Å². The molecule has 2 amide bonds. The van der Waals surface area contributed by atoms with Crippen LogP contribution in [0.2, 0.25) is 5.02 Å². The third-order valence-electron chi connectivity index (χ3n) is 2.62. The van der Waals surface area contributed by atoms with Gasteiger partial charge in [-0.25, -0.2) is 4.79 Å². The Kier molecular flexibility index (Phi) is 3.77. The van der Waals surface area contributed by atoms with E-state index in [0.29, 0.717) is 23.8 Å². The van der Waals surface area contributed by atoms with E-state index in [-0.39, 0.29) is 6.03 Å². The van der Waals surface area contributed by atoms with E-state index < -0.39 is 12.5 Å². The molecule has 96 valence electrons. The number of hydrogen-bond donors (Lipinski definition) is 0. The average molecular weight is 333 g/mol. The Hall–Kier alpha value is -1.27. The molecule has 18 heavy (non-hydrogen) atoms. The molecule has 7 heteroatoms. The molecule has 1 aliphatic rings. The van der Waals surface area contributed by atoms with Crippen LogP contribution in [0.25, 0.3) is 0 Å². The first-order chi connectivity index (χ1) is 8.49. The van der Waals surface area contributed by atoms with E-state index >= 15 is 0 Å². The third-order valence-corrected chi connectivity index (χ3v) is 3.41. The molecule has 1 aromatic rings. The van der Waals surface area contributed by atoms with E-state index in [1.54, 1.807) is 18.2 Å². The number of aliphatic carboxylic acids is 1. The molecule has 0 spiro atoms. The molecule has 0 unspecified atom stereocenters. The van der Waals surface area contributed by atoms with Crippen molar-refractivity contribution in [3.05, 3.63) is 27.7 Å². The highest BCUT2D eigenvalue weighted by molar-refractivity contribution is 9.10. The number of carboxylic acids is 1. The summed E-state index contributed by atoms with van der Waals surface area (Å²) in [5.41, 5.74) is 0.575. The topological polar surface area (TPSA) is 63.7 Å². The van der Waals surface area contributed by atoms with Crippen LogP contribution in [0.4, 0.5) is 10.5 Å². The Labute approximate surface area is 117 Å². The minimum Gasteiger partial charge on any atom is -0.548 e. The van der Waals surface area contributed by atoms with Gasteiger partial charge in [-0.1, -0.05) is 27.5 Å². The number of amides is 2. The van der Waals surface area contributed by atoms with Crippen LogP contribution in [-0.2, 0) is 4.79 Å². The first kappa shape index (κ1) is 13.2. The molecule has 2 rings (SSSR count). The number of halogens is 2. The summed E-state index contributed by atoms with van der Waals surface area (Å²) in [4.78, 5) is 25.1. The molecule has 0 aliphatic carbocycles. The summed E-state index contributed by atoms with van der Waals surface area (Å²) in [5.74, 6) is -1.27. The minimum absolute atomic E-state index is 0.346. The van der Waals surface area contributed by atoms with Gasteiger partial charge in [-0.3, -0.25) is 4.90 Å². The molecule has 0 saturated carbocycles. The number of hydrogen-bond acceptors (Lipinski definition) is 3. The van der Waals surface area contributed by atoms with Crippen molar-refractivity contribution < 1.29 is 14.7 Å². The van der Waals surface area contributed by atoms with Gasteiger partial charge in [0, 0.05) is 17.6 Å². The van der Waals surface area contributed by atoms with E-state index in [1.165, 1.54) is 9.80 Å². The predicted molar refractivity (Wildman–Crippen MR) is 68.5 cm³/mol. The zero-order valence-corrected chi connectivity index (χ0v) is 11.6. The molecular weight excluding hydrogens is 323 g/mol. The Morgan fingerprint density at radius 2 is 2.17 bits per heavy atom. The lowest BCUT2D eigenvalue weighted by atomic mass is 10.3. The summed E-state index contributed by atoms with van der Waals surface area (Å²) in [5, 5.41) is 10.9. The Bertz CT molecular complexity index is 509. The number of urea groups is 1. The van der Waals surface area contributed by atoms with Crippen LogP contribution in [0.1, 0.15) is 0 Å². The smallest absolute Gasteiger partial charge is 0.324 e. The Balaban J connectivity index is 2.20. The van der Waals surface area contributed by atoms with E-state index in [9.17, 15) is 14.7 Å². The number of anilines is 1. The fourth-order valence-electron chi connectivity index (χ4n) is 1.81. The third kappa shape index (κ3) is 2.59. The first-order valence-electron chi connectivity index (χ1n) is 5.20. The minimum atomic E-state index is -1.27. The second-order valence-corrected chi connectivity index (χ2v) is 5.15. The second kappa shape index (κ2) is 5.16. The van der Waals surface area contributed by atoms with Crippen molar-refractivity contribution in [1.82, 2.24) is 4.90 Å². The standard InChI is InChI=1S/C11H10BrClN2O3/c12-7-1-2-9(8(13)5-7)15-4-3-14(11(15)18)6-10(16)17/h1-2,5H,3-4,6H2,(H,16,17)/p-1. The largest absolute Gasteiger partial charge is 0.548 e. The zero-order chi connectivity index (χ0) is 13.3. The van der Waals surface area contributed by atoms with Gasteiger partial charge in [-0.05, 0) is 18.2 Å². The molecule has 0 radical (unpaired) electrons. The monoisotopic (exact) mass is 331 g/mol. The highest BCUT2D eigenvalue weighted by Gasteiger charge is 2.30. The van der Waals surface area contributed by atoms with E-state index in [2.05, 4.69) is 15.9 Å². The first-order valence-corrected chi connectivity index (χ1v) is 6.37. The molecule has 0 N–H and O–H groups in total. The lowest BCUT2D eigenvalue weighted by Crippen LogP contribution is -2.40. The van der Waals surface area contributed by atoms with Crippen molar-refractivity contribution in [2.45, 2.75) is 0 Å². The van der Waals surface area contributed by atoms with Gasteiger partial charge in [0.25, 0.3) is 0 Å². The molecule has 1 aliphatic heterocycles. The summed E-state index contributed by atoms with van der Waals surface area (Å²) in [6.07, 6.45) is 0. The highest BCUT2D eigenvalue weighted by Crippen LogP contribution is 2.31. The van der Waals surface area contributed by atoms with Gasteiger partial charge < -0.3 is 14.8 Å². The normalized spacial score (nSPS) is 15.3. The maximum absolute atomic E-state index is 12.0. The molecule has 1 aromatic carbocycles. The number of rotatable bonds is 3. The van der Waals surface area contributed by atoms with Gasteiger partial charge in [-0.2, -0.15) is 0 Å². The number of carbonyl (C=O) groups is 2. The summed E-state index contributed by atoms with van der Waals surface area (Å²) in [7, 11) is 0. The summed E-state index contributed by atoms with van der Waals surface area (Å²) in [6.45, 7) is 0.357. The van der Waals surface area contributed by atoms with Crippen molar-refractivity contribution in [3.8, 4) is 0 Å². The van der Waals surface area contributed by atoms with E-state index in [0.717, 1.165) is 4.47 Å². The predicted octanol–water partition coefficient (Wildman–Crippen LogP) is 1.09. The van der Waals surface area contributed by atoms with Gasteiger partial charge in [-0.15, -0.1) is 0 Å². The van der Waals surface area contributed by atoms with Crippen LogP contribution in [0.15, 0.2) is 22.7 Å². The summed E-state index contributed by atoms with van der Waals surface area (Å²) < 4.78 is 0.814. The van der Waals surface area contributed by atoms with Crippen molar-refractivity contribution in [3.63, 3.8) is 0 Å². The summed E-state index contributed by atoms with van der Waals surface area (Å²) >= 11 is 9.34. The average Bonchev–Trinajstić information content (AvgIpc) is 2.60. The van der Waals surface area contributed by atoms with Crippen LogP contribution >= 0.6 is 27.5 Å². The molecule has 1 heterocycles. The molecule has 1 fully saturated rings. The maximum Gasteiger partial charge on any atom is 0.324 e. The van der Waals surface area contributed by atoms with Crippen molar-refractivity contribution in [1.29, 1.82) is 0 Å². The summed E-state index contributed by atoms with van der Waals surface area (Å²) in [6, 6.07) is 4.80. The molecule has 0 bridgehead atoms. The number of nitrogens with zero attached hydrogens (tertiary/aromatic N) is 2. The van der Waals surface area contributed by atoms with Crippen LogP contribution in [0.5, 0.6) is 0 Å². The highest BCUT2D eigenvalue weighted by atomic mass is 79.9. The van der Waals surface area contributed by atoms with Crippen molar-refractivity contribution >= 4 is 45.2 Å². The molecular formula is C11H9BrClN2O3-. The zero-order valence-electron chi connectivity index (χ0n) is 9.23. The number of benzene rings is 1. The van der Waals surface area contributed by atoms with Crippen LogP contribution in [0, 0.1) is 0 Å². The Morgan fingerprint density at radius 1 is 1.44 bits per heavy atom. The fraction of sp³-hybridized carbons (Fsp3) is 0.273. The molecule has 0 aromatic heterocycles. The lowest BCUT2D eigenvalue weighted by molar-refractivity contribution is -0.305. The SMILES string of the molecule is O=C([O-])CN1CCN(c2ccc(Br)cc2Cl)C1=O. The number of carboxylic acid groups (broad SMARTS) is 1. The Morgan fingerprint density at radius 3 is 2.78 bits per heavy atom. The quantitative estimate of drug-likeness (QED) is 0.832. The van der Waals surface area contributed by atoms with Gasteiger partial charge in [0.15, 0.2) is 0 Å². The lowest BCUT2D eigenvalue weighted by Gasteiger charge is -2.19. The van der Waals surface area contributed by atoms with Gasteiger partial charge in [0.1, 0.15) is 0 Å². The van der Waals surface area contributed by atoms with Gasteiger partial charge >= 0.3 is 6.03 Å². The van der Waals surface area contributed by atoms with E-state index in [1.807, 2.05) is 0 Å². The van der Waals surface area contributed by atoms with Crippen molar-refractivity contribution in [2.75, 3.05) is 24.5 Å². The molecule has 5 nitrogen and oxygen atoms in total. The van der Waals surface area contributed by atoms with Crippen LogP contribution in [0.3, 0.4) is 0 Å². The second-order valence-electron chi connectivity index (χ2n) is 3.82. The molecule has 0 atom stereocenters.